The first-order valence-electron chi connectivity index (χ1n) is 6.26. The van der Waals surface area contributed by atoms with E-state index in [1.807, 2.05) is 0 Å². The molecule has 1 saturated heterocycles. The van der Waals surface area contributed by atoms with Crippen LogP contribution in [-0.4, -0.2) is 25.5 Å². The Morgan fingerprint density at radius 3 is 2.88 bits per heavy atom. The maximum Gasteiger partial charge on any atom is 0.220 e. The van der Waals surface area contributed by atoms with Crippen molar-refractivity contribution in [3.63, 3.8) is 0 Å². The van der Waals surface area contributed by atoms with Gasteiger partial charge < -0.3 is 10.2 Å². The molecule has 92 valence electrons. The van der Waals surface area contributed by atoms with Gasteiger partial charge in [0.2, 0.25) is 5.91 Å². The molecule has 1 N–H and O–H groups in total. The van der Waals surface area contributed by atoms with Crippen LogP contribution in [0.25, 0.3) is 0 Å². The quantitative estimate of drug-likeness (QED) is 0.803. The van der Waals surface area contributed by atoms with Crippen molar-refractivity contribution >= 4 is 11.6 Å². The smallest absolute Gasteiger partial charge is 0.220 e. The number of nitrogens with one attached hydrogen (secondary N) is 1. The normalized spacial score (nSPS) is 17.3. The van der Waals surface area contributed by atoms with E-state index in [9.17, 15) is 4.79 Å². The molecule has 3 heteroatoms. The van der Waals surface area contributed by atoms with E-state index in [1.165, 1.54) is 16.8 Å². The minimum atomic E-state index is 0.186. The molecule has 1 aliphatic rings. The Balaban J connectivity index is 2.15. The molecule has 0 atom stereocenters. The third kappa shape index (κ3) is 2.99. The van der Waals surface area contributed by atoms with Crippen molar-refractivity contribution in [1.82, 2.24) is 5.32 Å². The summed E-state index contributed by atoms with van der Waals surface area (Å²) in [5.74, 6) is 0.186. The van der Waals surface area contributed by atoms with Crippen molar-refractivity contribution < 1.29 is 4.79 Å². The molecule has 1 aromatic carbocycles. The van der Waals surface area contributed by atoms with Crippen molar-refractivity contribution in [3.8, 4) is 0 Å². The highest BCUT2D eigenvalue weighted by Crippen LogP contribution is 2.22. The third-order valence-corrected chi connectivity index (χ3v) is 3.24. The van der Waals surface area contributed by atoms with Crippen molar-refractivity contribution in [1.29, 1.82) is 0 Å². The summed E-state index contributed by atoms with van der Waals surface area (Å²) in [6.45, 7) is 6.88. The summed E-state index contributed by atoms with van der Waals surface area (Å²) < 4.78 is 0. The zero-order valence-electron chi connectivity index (χ0n) is 10.6. The number of hydrogen-bond acceptors (Lipinski definition) is 2. The molecule has 17 heavy (non-hydrogen) atoms. The number of carbonyl (C=O) groups excluding carboxylic acids is 1. The first-order valence-corrected chi connectivity index (χ1v) is 6.26. The summed E-state index contributed by atoms with van der Waals surface area (Å²) >= 11 is 0. The molecule has 1 aromatic rings. The van der Waals surface area contributed by atoms with Gasteiger partial charge in [0.1, 0.15) is 0 Å². The van der Waals surface area contributed by atoms with E-state index in [0.29, 0.717) is 6.42 Å². The van der Waals surface area contributed by atoms with Gasteiger partial charge in [-0.25, -0.2) is 0 Å². The van der Waals surface area contributed by atoms with E-state index in [2.05, 4.69) is 42.3 Å². The summed E-state index contributed by atoms with van der Waals surface area (Å²) in [6, 6.07) is 6.55. The van der Waals surface area contributed by atoms with Crippen molar-refractivity contribution in [3.05, 3.63) is 29.3 Å². The molecule has 0 radical (unpaired) electrons. The van der Waals surface area contributed by atoms with Crippen molar-refractivity contribution in [2.75, 3.05) is 24.5 Å². The molecule has 1 amide bonds. The Bertz CT molecular complexity index is 403. The zero-order chi connectivity index (χ0) is 12.3. The third-order valence-electron chi connectivity index (χ3n) is 3.24. The number of hydrogen-bond donors (Lipinski definition) is 1. The molecular weight excluding hydrogens is 212 g/mol. The predicted octanol–water partition coefficient (Wildman–Crippen LogP) is 2.02. The van der Waals surface area contributed by atoms with Gasteiger partial charge in [-0.3, -0.25) is 4.79 Å². The van der Waals surface area contributed by atoms with Crippen LogP contribution in [-0.2, 0) is 4.79 Å². The lowest BCUT2D eigenvalue weighted by Crippen LogP contribution is -2.39. The Kier molecular flexibility index (Phi) is 3.67. The summed E-state index contributed by atoms with van der Waals surface area (Å²) in [7, 11) is 0. The molecule has 0 bridgehead atoms. The molecule has 0 spiro atoms. The fourth-order valence-electron chi connectivity index (χ4n) is 2.26. The van der Waals surface area contributed by atoms with Gasteiger partial charge in [0.25, 0.3) is 0 Å². The zero-order valence-corrected chi connectivity index (χ0v) is 10.6. The minimum absolute atomic E-state index is 0.186. The average Bonchev–Trinajstić information content (AvgIpc) is 2.27. The number of nitrogens with zero attached hydrogens (tertiary/aromatic N) is 1. The molecule has 0 aliphatic carbocycles. The Morgan fingerprint density at radius 2 is 2.06 bits per heavy atom. The number of amides is 1. The van der Waals surface area contributed by atoms with Gasteiger partial charge in [-0.15, -0.1) is 0 Å². The number of carbonyl (C=O) groups is 1. The molecule has 1 fully saturated rings. The maximum absolute atomic E-state index is 11.3. The Morgan fingerprint density at radius 1 is 1.24 bits per heavy atom. The highest BCUT2D eigenvalue weighted by atomic mass is 16.1. The van der Waals surface area contributed by atoms with E-state index >= 15 is 0 Å². The fourth-order valence-corrected chi connectivity index (χ4v) is 2.26. The van der Waals surface area contributed by atoms with Crippen LogP contribution in [0.5, 0.6) is 0 Å². The molecule has 1 heterocycles. The highest BCUT2D eigenvalue weighted by molar-refractivity contribution is 5.76. The number of aryl methyl sites for hydroxylation is 2. The second kappa shape index (κ2) is 5.21. The van der Waals surface area contributed by atoms with Crippen LogP contribution >= 0.6 is 0 Å². The molecule has 0 saturated carbocycles. The molecule has 1 aliphatic heterocycles. The summed E-state index contributed by atoms with van der Waals surface area (Å²) in [5.41, 5.74) is 3.90. The first kappa shape index (κ1) is 12.0. The summed E-state index contributed by atoms with van der Waals surface area (Å²) in [6.07, 6.45) is 1.57. The van der Waals surface area contributed by atoms with Crippen molar-refractivity contribution in [2.24, 2.45) is 0 Å². The topological polar surface area (TPSA) is 32.3 Å². The van der Waals surface area contributed by atoms with E-state index in [4.69, 9.17) is 0 Å². The van der Waals surface area contributed by atoms with Gasteiger partial charge in [-0.1, -0.05) is 12.1 Å². The molecule has 0 unspecified atom stereocenters. The maximum atomic E-state index is 11.3. The lowest BCUT2D eigenvalue weighted by Gasteiger charge is -2.28. The second-order valence-electron chi connectivity index (χ2n) is 4.73. The van der Waals surface area contributed by atoms with Crippen LogP contribution in [0.2, 0.25) is 0 Å². The predicted molar refractivity (Wildman–Crippen MR) is 70.4 cm³/mol. The SMILES string of the molecule is Cc1ccc(C)c(N2CCCC(=O)NCC2)c1. The van der Waals surface area contributed by atoms with Crippen molar-refractivity contribution in [2.45, 2.75) is 26.7 Å². The van der Waals surface area contributed by atoms with Gasteiger partial charge in [0.05, 0.1) is 0 Å². The summed E-state index contributed by atoms with van der Waals surface area (Å²) in [5, 5.41) is 2.94. The van der Waals surface area contributed by atoms with E-state index in [0.717, 1.165) is 26.1 Å². The van der Waals surface area contributed by atoms with Gasteiger partial charge >= 0.3 is 0 Å². The Hall–Kier alpha value is -1.51. The number of rotatable bonds is 1. The molecule has 3 nitrogen and oxygen atoms in total. The van der Waals surface area contributed by atoms with Gasteiger partial charge in [-0.05, 0) is 37.5 Å². The fraction of sp³-hybridized carbons (Fsp3) is 0.500. The van der Waals surface area contributed by atoms with Crippen LogP contribution in [0.3, 0.4) is 0 Å². The standard InChI is InChI=1S/C14H20N2O/c1-11-5-6-12(2)13(10-11)16-8-3-4-14(17)15-7-9-16/h5-6,10H,3-4,7-9H2,1-2H3,(H,15,17). The van der Waals surface area contributed by atoms with Crippen LogP contribution in [0, 0.1) is 13.8 Å². The van der Waals surface area contributed by atoms with E-state index in [-0.39, 0.29) is 5.91 Å². The van der Waals surface area contributed by atoms with Gasteiger partial charge in [0, 0.05) is 31.7 Å². The lowest BCUT2D eigenvalue weighted by atomic mass is 10.1. The highest BCUT2D eigenvalue weighted by Gasteiger charge is 2.13. The minimum Gasteiger partial charge on any atom is -0.370 e. The monoisotopic (exact) mass is 232 g/mol. The number of benzene rings is 1. The van der Waals surface area contributed by atoms with Crippen LogP contribution in [0.4, 0.5) is 5.69 Å². The largest absolute Gasteiger partial charge is 0.370 e. The van der Waals surface area contributed by atoms with Gasteiger partial charge in [-0.2, -0.15) is 0 Å². The van der Waals surface area contributed by atoms with E-state index in [1.54, 1.807) is 0 Å². The molecule has 2 rings (SSSR count). The molecule has 0 aromatic heterocycles. The Labute approximate surface area is 103 Å². The average molecular weight is 232 g/mol. The van der Waals surface area contributed by atoms with Crippen LogP contribution in [0.1, 0.15) is 24.0 Å². The second-order valence-corrected chi connectivity index (χ2v) is 4.73. The van der Waals surface area contributed by atoms with Gasteiger partial charge in [0.15, 0.2) is 0 Å². The lowest BCUT2D eigenvalue weighted by molar-refractivity contribution is -0.121. The van der Waals surface area contributed by atoms with Crippen LogP contribution in [0.15, 0.2) is 18.2 Å². The summed E-state index contributed by atoms with van der Waals surface area (Å²) in [4.78, 5) is 13.6. The van der Waals surface area contributed by atoms with Crippen LogP contribution < -0.4 is 10.2 Å². The first-order chi connectivity index (χ1) is 8.16. The number of anilines is 1. The molecular formula is C14H20N2O. The van der Waals surface area contributed by atoms with E-state index < -0.39 is 0 Å².